The van der Waals surface area contributed by atoms with Crippen LogP contribution in [0.5, 0.6) is 0 Å². The highest BCUT2D eigenvalue weighted by Gasteiger charge is 2.47. The molecule has 3 atom stereocenters. The van der Waals surface area contributed by atoms with Gasteiger partial charge < -0.3 is 19.6 Å². The summed E-state index contributed by atoms with van der Waals surface area (Å²) in [5.74, 6) is -1.17. The van der Waals surface area contributed by atoms with Crippen molar-refractivity contribution in [1.82, 2.24) is 9.78 Å². The Bertz CT molecular complexity index is 580. The number of hydrogen-bond donors (Lipinski definition) is 0. The SMILES string of the molecule is O=C1C[C@H](n2cc([N+](=O)[O-])c([N+](=O)[O-])n2)[C@H]2CO[C@H]1O2. The Balaban J connectivity index is 1.98. The standard InChI is InChI=1S/C9H8N4O7/c14-6-1-4(7-3-19-9(6)20-7)11-2-5(12(15)16)8(10-11)13(17)18/h2,4,7,9H,1,3H2/t4-,7+,9-/m0/s1. The molecule has 1 aromatic rings. The molecule has 3 heterocycles. The van der Waals surface area contributed by atoms with Crippen molar-refractivity contribution in [2.45, 2.75) is 24.9 Å². The molecule has 0 aliphatic carbocycles. The number of nitrogens with zero attached hydrogens (tertiary/aromatic N) is 4. The number of carbonyl (C=O) groups excluding carboxylic acids is 1. The molecule has 0 radical (unpaired) electrons. The molecule has 0 spiro atoms. The number of fused-ring (bicyclic) bond motifs is 2. The molecule has 1 aromatic heterocycles. The van der Waals surface area contributed by atoms with Gasteiger partial charge in [0.1, 0.15) is 18.3 Å². The largest absolute Gasteiger partial charge is 0.467 e. The van der Waals surface area contributed by atoms with Gasteiger partial charge in [-0.25, -0.2) is 0 Å². The number of ketones is 1. The van der Waals surface area contributed by atoms with Crippen LogP contribution in [-0.2, 0) is 14.3 Å². The summed E-state index contributed by atoms with van der Waals surface area (Å²) in [6.45, 7) is 0.141. The van der Waals surface area contributed by atoms with Crippen LogP contribution in [0.15, 0.2) is 6.20 Å². The van der Waals surface area contributed by atoms with E-state index in [2.05, 4.69) is 5.10 Å². The van der Waals surface area contributed by atoms with Crippen LogP contribution in [0, 0.1) is 20.2 Å². The zero-order valence-corrected chi connectivity index (χ0v) is 9.87. The maximum Gasteiger partial charge on any atom is 0.467 e. The van der Waals surface area contributed by atoms with Gasteiger partial charge in [0, 0.05) is 6.42 Å². The van der Waals surface area contributed by atoms with Gasteiger partial charge in [0.05, 0.1) is 16.6 Å². The Morgan fingerprint density at radius 3 is 2.70 bits per heavy atom. The molecule has 20 heavy (non-hydrogen) atoms. The van der Waals surface area contributed by atoms with E-state index in [0.717, 1.165) is 10.9 Å². The van der Waals surface area contributed by atoms with Gasteiger partial charge in [-0.15, -0.1) is 0 Å². The molecule has 2 aliphatic rings. The lowest BCUT2D eigenvalue weighted by atomic mass is 10.0. The maximum absolute atomic E-state index is 11.6. The van der Waals surface area contributed by atoms with Gasteiger partial charge in [-0.05, 0) is 4.92 Å². The molecular formula is C9H8N4O7. The van der Waals surface area contributed by atoms with Crippen molar-refractivity contribution in [3.63, 3.8) is 0 Å². The van der Waals surface area contributed by atoms with Crippen LogP contribution in [-0.4, -0.2) is 44.4 Å². The molecule has 11 nitrogen and oxygen atoms in total. The zero-order chi connectivity index (χ0) is 14.4. The summed E-state index contributed by atoms with van der Waals surface area (Å²) in [6, 6.07) is -0.645. The van der Waals surface area contributed by atoms with E-state index >= 15 is 0 Å². The van der Waals surface area contributed by atoms with Gasteiger partial charge in [-0.2, -0.15) is 4.68 Å². The number of Topliss-reactive ketones (excluding diaryl/α,β-unsaturated/α-hetero) is 1. The van der Waals surface area contributed by atoms with Gasteiger partial charge in [0.2, 0.25) is 6.29 Å². The summed E-state index contributed by atoms with van der Waals surface area (Å²) in [6.07, 6.45) is -0.461. The highest BCUT2D eigenvalue weighted by Crippen LogP contribution is 2.35. The Labute approximate surface area is 110 Å². The molecule has 0 amide bonds. The zero-order valence-electron chi connectivity index (χ0n) is 9.87. The van der Waals surface area contributed by atoms with Crippen LogP contribution in [0.25, 0.3) is 0 Å². The minimum atomic E-state index is -0.936. The summed E-state index contributed by atoms with van der Waals surface area (Å²) in [7, 11) is 0. The van der Waals surface area contributed by atoms with Crippen molar-refractivity contribution in [1.29, 1.82) is 0 Å². The fourth-order valence-corrected chi connectivity index (χ4v) is 2.29. The van der Waals surface area contributed by atoms with Crippen LogP contribution < -0.4 is 0 Å². The Hall–Kier alpha value is -2.40. The first-order valence-electron chi connectivity index (χ1n) is 5.65. The van der Waals surface area contributed by atoms with E-state index in [4.69, 9.17) is 9.47 Å². The summed E-state index contributed by atoms with van der Waals surface area (Å²) < 4.78 is 11.4. The quantitative estimate of drug-likeness (QED) is 0.556. The van der Waals surface area contributed by atoms with Crippen molar-refractivity contribution < 1.29 is 24.1 Å². The molecule has 2 saturated heterocycles. The van der Waals surface area contributed by atoms with E-state index in [1.54, 1.807) is 0 Å². The number of hydrogen-bond acceptors (Lipinski definition) is 8. The minimum absolute atomic E-state index is 0.00528. The normalized spacial score (nSPS) is 28.6. The Morgan fingerprint density at radius 2 is 2.10 bits per heavy atom. The third kappa shape index (κ3) is 1.83. The van der Waals surface area contributed by atoms with Crippen molar-refractivity contribution >= 4 is 17.3 Å². The van der Waals surface area contributed by atoms with E-state index in [1.165, 1.54) is 0 Å². The lowest BCUT2D eigenvalue weighted by Gasteiger charge is -2.24. The van der Waals surface area contributed by atoms with Crippen LogP contribution >= 0.6 is 0 Å². The van der Waals surface area contributed by atoms with Gasteiger partial charge in [-0.3, -0.25) is 14.9 Å². The third-order valence-corrected chi connectivity index (χ3v) is 3.22. The average Bonchev–Trinajstić information content (AvgIpc) is 3.00. The second kappa shape index (κ2) is 4.31. The van der Waals surface area contributed by atoms with Crippen LogP contribution in [0.4, 0.5) is 11.5 Å². The molecule has 2 fully saturated rings. The summed E-state index contributed by atoms with van der Waals surface area (Å²) in [5.41, 5.74) is -0.719. The predicted octanol–water partition coefficient (Wildman–Crippen LogP) is -0.0451. The number of ether oxygens (including phenoxy) is 2. The summed E-state index contributed by atoms with van der Waals surface area (Å²) in [5, 5.41) is 25.1. The van der Waals surface area contributed by atoms with Crippen LogP contribution in [0.1, 0.15) is 12.5 Å². The molecule has 0 N–H and O–H groups in total. The molecule has 3 rings (SSSR count). The summed E-state index contributed by atoms with van der Waals surface area (Å²) >= 11 is 0. The van der Waals surface area contributed by atoms with Gasteiger partial charge in [0.15, 0.2) is 5.78 Å². The fraction of sp³-hybridized carbons (Fsp3) is 0.556. The van der Waals surface area contributed by atoms with Crippen molar-refractivity contribution in [3.8, 4) is 0 Å². The second-order valence-corrected chi connectivity index (χ2v) is 4.41. The number of rotatable bonds is 3. The molecule has 0 saturated carbocycles. The first-order valence-corrected chi connectivity index (χ1v) is 5.65. The second-order valence-electron chi connectivity index (χ2n) is 4.41. The number of nitro groups is 2. The number of aromatic nitrogens is 2. The monoisotopic (exact) mass is 284 g/mol. The minimum Gasteiger partial charge on any atom is -0.358 e. The number of carbonyl (C=O) groups is 1. The Morgan fingerprint density at radius 1 is 1.35 bits per heavy atom. The molecular weight excluding hydrogens is 276 g/mol. The molecule has 2 bridgehead atoms. The fourth-order valence-electron chi connectivity index (χ4n) is 2.29. The van der Waals surface area contributed by atoms with Crippen molar-refractivity contribution in [2.75, 3.05) is 6.61 Å². The summed E-state index contributed by atoms with van der Waals surface area (Å²) in [4.78, 5) is 31.3. The Kier molecular flexibility index (Phi) is 2.72. The third-order valence-electron chi connectivity index (χ3n) is 3.22. The lowest BCUT2D eigenvalue weighted by Crippen LogP contribution is -2.37. The van der Waals surface area contributed by atoms with Crippen molar-refractivity contribution in [3.05, 3.63) is 26.4 Å². The lowest BCUT2D eigenvalue weighted by molar-refractivity contribution is -0.424. The van der Waals surface area contributed by atoms with E-state index in [9.17, 15) is 25.0 Å². The van der Waals surface area contributed by atoms with Gasteiger partial charge in [0.25, 0.3) is 0 Å². The molecule has 106 valence electrons. The van der Waals surface area contributed by atoms with Crippen molar-refractivity contribution in [2.24, 2.45) is 0 Å². The average molecular weight is 284 g/mol. The first-order chi connectivity index (χ1) is 9.47. The highest BCUT2D eigenvalue weighted by atomic mass is 16.7. The molecule has 0 aromatic carbocycles. The first kappa shape index (κ1) is 12.6. The smallest absolute Gasteiger partial charge is 0.358 e. The highest BCUT2D eigenvalue weighted by molar-refractivity contribution is 5.83. The molecule has 11 heteroatoms. The van der Waals surface area contributed by atoms with E-state index in [1.807, 2.05) is 0 Å². The van der Waals surface area contributed by atoms with Gasteiger partial charge in [-0.1, -0.05) is 0 Å². The molecule has 0 unspecified atom stereocenters. The topological polar surface area (TPSA) is 140 Å². The van der Waals surface area contributed by atoms with Gasteiger partial charge >= 0.3 is 11.5 Å². The molecule has 2 aliphatic heterocycles. The van der Waals surface area contributed by atoms with E-state index in [-0.39, 0.29) is 18.8 Å². The predicted molar refractivity (Wildman–Crippen MR) is 58.8 cm³/mol. The maximum atomic E-state index is 11.6. The van der Waals surface area contributed by atoms with E-state index < -0.39 is 39.8 Å². The van der Waals surface area contributed by atoms with Crippen LogP contribution in [0.3, 0.4) is 0 Å². The van der Waals surface area contributed by atoms with E-state index in [0.29, 0.717) is 0 Å². The van der Waals surface area contributed by atoms with Crippen LogP contribution in [0.2, 0.25) is 0 Å².